The summed E-state index contributed by atoms with van der Waals surface area (Å²) in [7, 11) is 0. The number of hydrogen-bond acceptors (Lipinski definition) is 5. The Bertz CT molecular complexity index is 1050. The lowest BCUT2D eigenvalue weighted by molar-refractivity contribution is -0.386. The molecule has 9 nitrogen and oxygen atoms in total. The van der Waals surface area contributed by atoms with Gasteiger partial charge in [0.15, 0.2) is 0 Å². The highest BCUT2D eigenvalue weighted by Crippen LogP contribution is 2.24. The third kappa shape index (κ3) is 3.83. The summed E-state index contributed by atoms with van der Waals surface area (Å²) in [5.41, 5.74) is 2.58. The van der Waals surface area contributed by atoms with Crippen LogP contribution < -0.4 is 0 Å². The topological polar surface area (TPSA) is 99.1 Å². The first kappa shape index (κ1) is 19.8. The van der Waals surface area contributed by atoms with E-state index in [0.717, 1.165) is 31.5 Å². The Morgan fingerprint density at radius 3 is 2.47 bits per heavy atom. The largest absolute Gasteiger partial charge is 0.338 e. The first-order valence-corrected chi connectivity index (χ1v) is 9.98. The Morgan fingerprint density at radius 2 is 1.90 bits per heavy atom. The molecule has 0 N–H and O–H groups in total. The number of likely N-dealkylation sites (tertiary alicyclic amines) is 1. The first-order chi connectivity index (χ1) is 14.4. The highest BCUT2D eigenvalue weighted by Gasteiger charge is 2.25. The van der Waals surface area contributed by atoms with E-state index in [0.29, 0.717) is 29.5 Å². The van der Waals surface area contributed by atoms with E-state index in [9.17, 15) is 14.9 Å². The smallest absolute Gasteiger partial charge is 0.312 e. The summed E-state index contributed by atoms with van der Waals surface area (Å²) in [4.78, 5) is 29.6. The van der Waals surface area contributed by atoms with E-state index in [-0.39, 0.29) is 11.6 Å². The minimum absolute atomic E-state index is 0.0346. The van der Waals surface area contributed by atoms with Crippen molar-refractivity contribution in [3.63, 3.8) is 0 Å². The predicted molar refractivity (Wildman–Crippen MR) is 110 cm³/mol. The van der Waals surface area contributed by atoms with Crippen LogP contribution in [0.4, 0.5) is 5.69 Å². The minimum atomic E-state index is -0.397. The molecular formula is C21H24N6O3. The van der Waals surface area contributed by atoms with Crippen molar-refractivity contribution in [1.82, 2.24) is 24.2 Å². The molecule has 0 atom stereocenters. The van der Waals surface area contributed by atoms with Gasteiger partial charge in [0.1, 0.15) is 11.4 Å². The van der Waals surface area contributed by atoms with Crippen LogP contribution in [0.15, 0.2) is 43.0 Å². The van der Waals surface area contributed by atoms with Gasteiger partial charge in [0.25, 0.3) is 5.91 Å². The summed E-state index contributed by atoms with van der Waals surface area (Å²) in [6.07, 6.45) is 7.41. The van der Waals surface area contributed by atoms with Crippen LogP contribution in [0.3, 0.4) is 0 Å². The molecule has 1 aromatic carbocycles. The van der Waals surface area contributed by atoms with Crippen LogP contribution >= 0.6 is 0 Å². The zero-order valence-electron chi connectivity index (χ0n) is 17.1. The third-order valence-electron chi connectivity index (χ3n) is 5.76. The van der Waals surface area contributed by atoms with E-state index in [1.54, 1.807) is 24.7 Å². The van der Waals surface area contributed by atoms with Gasteiger partial charge in [0.05, 0.1) is 17.8 Å². The van der Waals surface area contributed by atoms with Crippen molar-refractivity contribution in [3.05, 3.63) is 75.6 Å². The fourth-order valence-electron chi connectivity index (χ4n) is 4.07. The predicted octanol–water partition coefficient (Wildman–Crippen LogP) is 3.13. The van der Waals surface area contributed by atoms with Gasteiger partial charge in [-0.15, -0.1) is 0 Å². The van der Waals surface area contributed by atoms with E-state index in [4.69, 9.17) is 0 Å². The summed E-state index contributed by atoms with van der Waals surface area (Å²) in [5, 5.41) is 15.5. The Labute approximate surface area is 174 Å². The SMILES string of the molecule is Cc1nn(Cc2ccc(C(=O)N3CCC(n4ccnc4)CC3)cc2)c(C)c1[N+](=O)[O-]. The van der Waals surface area contributed by atoms with Crippen LogP contribution in [0.1, 0.15) is 46.2 Å². The van der Waals surface area contributed by atoms with Crippen molar-refractivity contribution >= 4 is 11.6 Å². The van der Waals surface area contributed by atoms with Crippen molar-refractivity contribution in [2.24, 2.45) is 0 Å². The van der Waals surface area contributed by atoms with Crippen molar-refractivity contribution in [2.45, 2.75) is 39.3 Å². The second-order valence-corrected chi connectivity index (χ2v) is 7.66. The van der Waals surface area contributed by atoms with Crippen LogP contribution in [-0.2, 0) is 6.54 Å². The molecule has 4 rings (SSSR count). The van der Waals surface area contributed by atoms with E-state index in [2.05, 4.69) is 14.6 Å². The molecule has 1 amide bonds. The Morgan fingerprint density at radius 1 is 1.20 bits per heavy atom. The van der Waals surface area contributed by atoms with Gasteiger partial charge in [-0.2, -0.15) is 5.10 Å². The van der Waals surface area contributed by atoms with Gasteiger partial charge >= 0.3 is 5.69 Å². The van der Waals surface area contributed by atoms with Gasteiger partial charge in [-0.3, -0.25) is 19.6 Å². The fourth-order valence-corrected chi connectivity index (χ4v) is 4.07. The van der Waals surface area contributed by atoms with Crippen molar-refractivity contribution in [3.8, 4) is 0 Å². The second kappa shape index (κ2) is 8.10. The van der Waals surface area contributed by atoms with Crippen LogP contribution in [0.25, 0.3) is 0 Å². The molecule has 2 aromatic heterocycles. The number of carbonyl (C=O) groups excluding carboxylic acids is 1. The van der Waals surface area contributed by atoms with Crippen LogP contribution in [0, 0.1) is 24.0 Å². The number of imidazole rings is 1. The molecule has 9 heteroatoms. The molecule has 0 spiro atoms. The van der Waals surface area contributed by atoms with Crippen LogP contribution in [-0.4, -0.2) is 48.2 Å². The normalized spacial score (nSPS) is 14.8. The molecule has 1 fully saturated rings. The number of amides is 1. The highest BCUT2D eigenvalue weighted by molar-refractivity contribution is 5.94. The number of carbonyl (C=O) groups is 1. The van der Waals surface area contributed by atoms with Crippen LogP contribution in [0.5, 0.6) is 0 Å². The first-order valence-electron chi connectivity index (χ1n) is 9.98. The summed E-state index contributed by atoms with van der Waals surface area (Å²) in [5.74, 6) is 0.0346. The molecule has 156 valence electrons. The van der Waals surface area contributed by atoms with E-state index >= 15 is 0 Å². The maximum Gasteiger partial charge on any atom is 0.312 e. The Kier molecular flexibility index (Phi) is 5.35. The van der Waals surface area contributed by atoms with Crippen molar-refractivity contribution in [2.75, 3.05) is 13.1 Å². The number of aryl methyl sites for hydroxylation is 1. The molecule has 1 aliphatic rings. The number of nitro groups is 1. The lowest BCUT2D eigenvalue weighted by Crippen LogP contribution is -2.38. The molecule has 0 aliphatic carbocycles. The number of piperidine rings is 1. The molecular weight excluding hydrogens is 384 g/mol. The van der Waals surface area contributed by atoms with Gasteiger partial charge in [0.2, 0.25) is 0 Å². The summed E-state index contributed by atoms with van der Waals surface area (Å²) in [6.45, 7) is 5.20. The van der Waals surface area contributed by atoms with Crippen LogP contribution in [0.2, 0.25) is 0 Å². The number of rotatable bonds is 5. The molecule has 3 aromatic rings. The molecule has 0 unspecified atom stereocenters. The molecule has 0 bridgehead atoms. The lowest BCUT2D eigenvalue weighted by atomic mass is 10.0. The van der Waals surface area contributed by atoms with Gasteiger partial charge in [-0.05, 0) is 44.4 Å². The zero-order valence-corrected chi connectivity index (χ0v) is 17.1. The number of nitrogens with zero attached hydrogens (tertiary/aromatic N) is 6. The monoisotopic (exact) mass is 408 g/mol. The van der Waals surface area contributed by atoms with E-state index < -0.39 is 4.92 Å². The third-order valence-corrected chi connectivity index (χ3v) is 5.76. The fraction of sp³-hybridized carbons (Fsp3) is 0.381. The number of benzene rings is 1. The van der Waals surface area contributed by atoms with E-state index in [1.165, 1.54) is 0 Å². The summed E-state index contributed by atoms with van der Waals surface area (Å²) >= 11 is 0. The van der Waals surface area contributed by atoms with E-state index in [1.807, 2.05) is 41.7 Å². The summed E-state index contributed by atoms with van der Waals surface area (Å²) < 4.78 is 3.74. The zero-order chi connectivity index (χ0) is 21.3. The van der Waals surface area contributed by atoms with Gasteiger partial charge in [-0.1, -0.05) is 12.1 Å². The lowest BCUT2D eigenvalue weighted by Gasteiger charge is -2.32. The van der Waals surface area contributed by atoms with Gasteiger partial charge in [0, 0.05) is 37.1 Å². The average molecular weight is 408 g/mol. The number of hydrogen-bond donors (Lipinski definition) is 0. The maximum absolute atomic E-state index is 12.9. The molecule has 30 heavy (non-hydrogen) atoms. The standard InChI is InChI=1S/C21H24N6O3/c1-15-20(27(29)30)16(2)26(23-15)13-17-3-5-18(6-4-17)21(28)24-10-7-19(8-11-24)25-12-9-22-14-25/h3-6,9,12,14,19H,7-8,10-11,13H2,1-2H3. The molecule has 0 radical (unpaired) electrons. The Hall–Kier alpha value is -3.49. The maximum atomic E-state index is 12.9. The second-order valence-electron chi connectivity index (χ2n) is 7.66. The quantitative estimate of drug-likeness (QED) is 0.477. The highest BCUT2D eigenvalue weighted by atomic mass is 16.6. The van der Waals surface area contributed by atoms with Crippen molar-refractivity contribution in [1.29, 1.82) is 0 Å². The molecule has 1 saturated heterocycles. The van der Waals surface area contributed by atoms with Gasteiger partial charge in [-0.25, -0.2) is 4.98 Å². The summed E-state index contributed by atoms with van der Waals surface area (Å²) in [6, 6.07) is 7.80. The molecule has 0 saturated carbocycles. The van der Waals surface area contributed by atoms with Gasteiger partial charge < -0.3 is 9.47 Å². The Balaban J connectivity index is 1.40. The van der Waals surface area contributed by atoms with Crippen molar-refractivity contribution < 1.29 is 9.72 Å². The molecule has 1 aliphatic heterocycles. The average Bonchev–Trinajstić information content (AvgIpc) is 3.37. The minimum Gasteiger partial charge on any atom is -0.338 e. The molecule has 3 heterocycles. The number of aromatic nitrogens is 4.